The summed E-state index contributed by atoms with van der Waals surface area (Å²) in [6.45, 7) is 12.8. The van der Waals surface area contributed by atoms with Gasteiger partial charge >= 0.3 is 0 Å². The second-order valence-corrected chi connectivity index (χ2v) is 7.83. The minimum atomic E-state index is 0.949. The summed E-state index contributed by atoms with van der Waals surface area (Å²) in [6, 6.07) is 8.77. The van der Waals surface area contributed by atoms with Crippen LogP contribution in [0.2, 0.25) is 0 Å². The third-order valence-electron chi connectivity index (χ3n) is 5.18. The largest absolute Gasteiger partial charge is 0.378 e. The van der Waals surface area contributed by atoms with E-state index < -0.39 is 0 Å². The van der Waals surface area contributed by atoms with Crippen LogP contribution in [-0.2, 0) is 0 Å². The van der Waals surface area contributed by atoms with Crippen LogP contribution in [0.1, 0.15) is 43.6 Å². The Balaban J connectivity index is 2.22. The molecule has 0 saturated carbocycles. The molecule has 0 aliphatic carbocycles. The molecule has 3 aromatic rings. The lowest BCUT2D eigenvalue weighted by Gasteiger charge is -2.24. The Morgan fingerprint density at radius 2 is 1.64 bits per heavy atom. The average molecular weight is 380 g/mol. The second-order valence-electron chi connectivity index (χ2n) is 7.83. The zero-order valence-corrected chi connectivity index (χ0v) is 18.4. The molecule has 150 valence electrons. The molecule has 2 aromatic heterocycles. The predicted molar refractivity (Wildman–Crippen MR) is 120 cm³/mol. The van der Waals surface area contributed by atoms with Gasteiger partial charge in [0.05, 0.1) is 5.69 Å². The number of aryl methyl sites for hydroxylation is 3. The molecule has 0 amide bonds. The van der Waals surface area contributed by atoms with E-state index in [1.807, 2.05) is 4.52 Å². The van der Waals surface area contributed by atoms with Crippen molar-refractivity contribution in [1.29, 1.82) is 0 Å². The van der Waals surface area contributed by atoms with Crippen LogP contribution in [0.3, 0.4) is 0 Å². The summed E-state index contributed by atoms with van der Waals surface area (Å²) >= 11 is 0. The van der Waals surface area contributed by atoms with Crippen molar-refractivity contribution in [2.75, 3.05) is 37.0 Å². The van der Waals surface area contributed by atoms with Gasteiger partial charge in [-0.1, -0.05) is 19.9 Å². The molecule has 0 spiro atoms. The fourth-order valence-electron chi connectivity index (χ4n) is 3.85. The van der Waals surface area contributed by atoms with Gasteiger partial charge in [-0.2, -0.15) is 9.61 Å². The van der Waals surface area contributed by atoms with Gasteiger partial charge in [0, 0.05) is 50.2 Å². The summed E-state index contributed by atoms with van der Waals surface area (Å²) in [4.78, 5) is 9.46. The van der Waals surface area contributed by atoms with Crippen LogP contribution >= 0.6 is 0 Å². The molecule has 3 rings (SSSR count). The number of hydrogen-bond donors (Lipinski definition) is 0. The molecular formula is C23H33N5. The van der Waals surface area contributed by atoms with Crippen molar-refractivity contribution in [1.82, 2.24) is 14.6 Å². The van der Waals surface area contributed by atoms with Crippen molar-refractivity contribution in [3.05, 3.63) is 41.2 Å². The maximum Gasteiger partial charge on any atom is 0.165 e. The maximum absolute atomic E-state index is 4.92. The second kappa shape index (κ2) is 8.21. The fourth-order valence-corrected chi connectivity index (χ4v) is 3.85. The van der Waals surface area contributed by atoms with Crippen LogP contribution in [0.15, 0.2) is 24.3 Å². The van der Waals surface area contributed by atoms with Gasteiger partial charge < -0.3 is 9.80 Å². The van der Waals surface area contributed by atoms with Crippen LogP contribution in [0.5, 0.6) is 0 Å². The first-order valence-electron chi connectivity index (χ1n) is 10.3. The highest BCUT2D eigenvalue weighted by molar-refractivity contribution is 5.83. The topological polar surface area (TPSA) is 36.7 Å². The van der Waals surface area contributed by atoms with E-state index in [4.69, 9.17) is 10.1 Å². The van der Waals surface area contributed by atoms with Crippen molar-refractivity contribution >= 4 is 17.2 Å². The number of benzene rings is 1. The zero-order chi connectivity index (χ0) is 20.4. The molecule has 0 N–H and O–H groups in total. The van der Waals surface area contributed by atoms with Gasteiger partial charge in [-0.3, -0.25) is 0 Å². The van der Waals surface area contributed by atoms with Crippen molar-refractivity contribution < 1.29 is 0 Å². The molecule has 5 heteroatoms. The van der Waals surface area contributed by atoms with E-state index in [0.717, 1.165) is 54.3 Å². The summed E-state index contributed by atoms with van der Waals surface area (Å²) in [5.74, 6) is 1.14. The van der Waals surface area contributed by atoms with Crippen LogP contribution in [0.25, 0.3) is 16.8 Å². The molecule has 0 bridgehead atoms. The van der Waals surface area contributed by atoms with E-state index in [-0.39, 0.29) is 0 Å². The Bertz CT molecular complexity index is 965. The van der Waals surface area contributed by atoms with Crippen molar-refractivity contribution in [2.24, 2.45) is 0 Å². The standard InChI is InChI=1S/C23H33N5/c1-8-12-27(13-9-2)21-15-17(4)24-23-22(18(5)25-28(21)23)20-11-10-19(26(6)7)14-16(20)3/h10-11,14-15H,8-9,12-13H2,1-7H3. The minimum absolute atomic E-state index is 0.949. The zero-order valence-electron chi connectivity index (χ0n) is 18.4. The molecule has 5 nitrogen and oxygen atoms in total. The van der Waals surface area contributed by atoms with Crippen LogP contribution in [-0.4, -0.2) is 41.8 Å². The summed E-state index contributed by atoms with van der Waals surface area (Å²) in [6.07, 6.45) is 2.22. The SMILES string of the molecule is CCCN(CCC)c1cc(C)nc2c(-c3ccc(N(C)C)cc3C)c(C)nn12. The van der Waals surface area contributed by atoms with Gasteiger partial charge in [0.25, 0.3) is 0 Å². The summed E-state index contributed by atoms with van der Waals surface area (Å²) in [7, 11) is 4.14. The Hall–Kier alpha value is -2.56. The van der Waals surface area contributed by atoms with E-state index in [1.54, 1.807) is 0 Å². The molecule has 0 aliphatic rings. The first-order chi connectivity index (χ1) is 13.4. The number of hydrogen-bond acceptors (Lipinski definition) is 4. The Morgan fingerprint density at radius 1 is 0.964 bits per heavy atom. The monoisotopic (exact) mass is 379 g/mol. The van der Waals surface area contributed by atoms with Gasteiger partial charge in [0.1, 0.15) is 5.82 Å². The highest BCUT2D eigenvalue weighted by Crippen LogP contribution is 2.33. The van der Waals surface area contributed by atoms with Gasteiger partial charge in [-0.05, 0) is 56.9 Å². The lowest BCUT2D eigenvalue weighted by atomic mass is 10.00. The predicted octanol–water partition coefficient (Wildman–Crippen LogP) is 5.01. The third kappa shape index (κ3) is 3.71. The number of fused-ring (bicyclic) bond motifs is 1. The van der Waals surface area contributed by atoms with Crippen molar-refractivity contribution in [3.8, 4) is 11.1 Å². The fraction of sp³-hybridized carbons (Fsp3) is 0.478. The molecule has 0 unspecified atom stereocenters. The van der Waals surface area contributed by atoms with Crippen molar-refractivity contribution in [3.63, 3.8) is 0 Å². The molecule has 0 saturated heterocycles. The quantitative estimate of drug-likeness (QED) is 0.578. The first-order valence-corrected chi connectivity index (χ1v) is 10.3. The number of nitrogens with zero attached hydrogens (tertiary/aromatic N) is 5. The van der Waals surface area contributed by atoms with Crippen molar-refractivity contribution in [2.45, 2.75) is 47.5 Å². The number of rotatable bonds is 7. The molecular weight excluding hydrogens is 346 g/mol. The maximum atomic E-state index is 4.92. The Labute approximate surface area is 169 Å². The molecule has 28 heavy (non-hydrogen) atoms. The summed E-state index contributed by atoms with van der Waals surface area (Å²) in [5, 5.41) is 4.92. The molecule has 0 atom stereocenters. The smallest absolute Gasteiger partial charge is 0.165 e. The Kier molecular flexibility index (Phi) is 5.92. The molecule has 2 heterocycles. The van der Waals surface area contributed by atoms with E-state index in [9.17, 15) is 0 Å². The van der Waals surface area contributed by atoms with Crippen LogP contribution in [0.4, 0.5) is 11.5 Å². The Morgan fingerprint density at radius 3 is 2.21 bits per heavy atom. The average Bonchev–Trinajstić information content (AvgIpc) is 2.96. The highest BCUT2D eigenvalue weighted by atomic mass is 15.3. The molecule has 0 fully saturated rings. The highest BCUT2D eigenvalue weighted by Gasteiger charge is 2.20. The lowest BCUT2D eigenvalue weighted by molar-refractivity contribution is 0.713. The van der Waals surface area contributed by atoms with E-state index in [0.29, 0.717) is 0 Å². The summed E-state index contributed by atoms with van der Waals surface area (Å²) < 4.78 is 2.04. The normalized spacial score (nSPS) is 11.2. The van der Waals surface area contributed by atoms with Gasteiger partial charge in [0.2, 0.25) is 0 Å². The minimum Gasteiger partial charge on any atom is -0.378 e. The molecule has 0 aliphatic heterocycles. The molecule has 1 aromatic carbocycles. The number of anilines is 2. The first kappa shape index (κ1) is 20.2. The number of aromatic nitrogens is 3. The van der Waals surface area contributed by atoms with Gasteiger partial charge in [0.15, 0.2) is 5.65 Å². The van der Waals surface area contributed by atoms with Crippen LogP contribution in [0, 0.1) is 20.8 Å². The van der Waals surface area contributed by atoms with Gasteiger partial charge in [-0.15, -0.1) is 0 Å². The van der Waals surface area contributed by atoms with E-state index >= 15 is 0 Å². The van der Waals surface area contributed by atoms with Crippen LogP contribution < -0.4 is 9.80 Å². The lowest BCUT2D eigenvalue weighted by Crippen LogP contribution is -2.27. The molecule has 0 radical (unpaired) electrons. The van der Waals surface area contributed by atoms with E-state index in [1.165, 1.54) is 16.8 Å². The van der Waals surface area contributed by atoms with Gasteiger partial charge in [-0.25, -0.2) is 4.98 Å². The third-order valence-corrected chi connectivity index (χ3v) is 5.18. The van der Waals surface area contributed by atoms with E-state index in [2.05, 4.69) is 82.8 Å². The summed E-state index contributed by atoms with van der Waals surface area (Å²) in [5.41, 5.74) is 7.80.